The second-order valence-corrected chi connectivity index (χ2v) is 8.16. The van der Waals surface area contributed by atoms with Crippen LogP contribution in [0.3, 0.4) is 0 Å². The Morgan fingerprint density at radius 3 is 2.73 bits per heavy atom. The molecule has 0 spiro atoms. The number of carbonyl (C=O) groups excluding carboxylic acids is 3. The lowest BCUT2D eigenvalue weighted by Crippen LogP contribution is -2.48. The fourth-order valence-corrected chi connectivity index (χ4v) is 4.71. The van der Waals surface area contributed by atoms with Crippen LogP contribution in [0, 0.1) is 0 Å². The van der Waals surface area contributed by atoms with E-state index in [1.807, 2.05) is 11.0 Å². The van der Waals surface area contributed by atoms with Gasteiger partial charge < -0.3 is 14.4 Å². The summed E-state index contributed by atoms with van der Waals surface area (Å²) in [6, 6.07) is 7.37. The Kier molecular flexibility index (Phi) is 7.13. The van der Waals surface area contributed by atoms with Crippen LogP contribution >= 0.6 is 0 Å². The first kappa shape index (κ1) is 22.3. The molecule has 2 heterocycles. The summed E-state index contributed by atoms with van der Waals surface area (Å²) in [7, 11) is 3.09. The maximum atomic E-state index is 13.6. The normalized spacial score (nSPS) is 24.4. The lowest BCUT2D eigenvalue weighted by molar-refractivity contribution is -0.144. The fourth-order valence-electron chi connectivity index (χ4n) is 4.71. The second-order valence-electron chi connectivity index (χ2n) is 8.16. The molecule has 1 aromatic rings. The Morgan fingerprint density at radius 1 is 1.23 bits per heavy atom. The zero-order valence-electron chi connectivity index (χ0n) is 18.2. The van der Waals surface area contributed by atoms with E-state index in [4.69, 9.17) is 9.47 Å². The molecule has 2 fully saturated rings. The van der Waals surface area contributed by atoms with Crippen LogP contribution in [0.1, 0.15) is 51.0 Å². The maximum Gasteiger partial charge on any atom is 0.240 e. The van der Waals surface area contributed by atoms with Crippen molar-refractivity contribution in [2.75, 3.05) is 33.9 Å². The molecule has 0 N–H and O–H groups in total. The van der Waals surface area contributed by atoms with E-state index in [2.05, 4.69) is 6.92 Å². The van der Waals surface area contributed by atoms with E-state index in [1.165, 1.54) is 12.0 Å². The van der Waals surface area contributed by atoms with Gasteiger partial charge in [-0.3, -0.25) is 19.3 Å². The minimum absolute atomic E-state index is 0.00920. The maximum absolute atomic E-state index is 13.6. The third-order valence-corrected chi connectivity index (χ3v) is 6.42. The summed E-state index contributed by atoms with van der Waals surface area (Å²) in [6.45, 7) is 3.25. The van der Waals surface area contributed by atoms with Crippen LogP contribution in [0.2, 0.25) is 0 Å². The molecule has 0 bridgehead atoms. The molecule has 0 aromatic heterocycles. The van der Waals surface area contributed by atoms with Crippen LogP contribution in [0.4, 0.5) is 0 Å². The van der Waals surface area contributed by atoms with Crippen LogP contribution in [-0.4, -0.2) is 67.5 Å². The Bertz CT molecular complexity index is 796. The summed E-state index contributed by atoms with van der Waals surface area (Å²) in [4.78, 5) is 42.9. The van der Waals surface area contributed by atoms with Crippen molar-refractivity contribution in [3.05, 3.63) is 29.8 Å². The first-order valence-electron chi connectivity index (χ1n) is 10.7. The zero-order chi connectivity index (χ0) is 21.7. The molecule has 2 atom stereocenters. The van der Waals surface area contributed by atoms with Gasteiger partial charge in [0.2, 0.25) is 17.7 Å². The number of methoxy groups -OCH3 is 2. The van der Waals surface area contributed by atoms with Crippen molar-refractivity contribution in [1.29, 1.82) is 0 Å². The molecule has 2 aliphatic heterocycles. The van der Waals surface area contributed by atoms with Gasteiger partial charge in [0.1, 0.15) is 5.75 Å². The van der Waals surface area contributed by atoms with Crippen molar-refractivity contribution in [3.63, 3.8) is 0 Å². The number of rotatable bonds is 8. The largest absolute Gasteiger partial charge is 0.497 e. The molecule has 164 valence electrons. The molecule has 3 amide bonds. The molecule has 2 aliphatic rings. The van der Waals surface area contributed by atoms with Crippen LogP contribution in [0.15, 0.2) is 24.3 Å². The van der Waals surface area contributed by atoms with Crippen LogP contribution in [0.5, 0.6) is 5.75 Å². The number of carbonyl (C=O) groups is 3. The minimum atomic E-state index is -1.20. The quantitative estimate of drug-likeness (QED) is 0.609. The molecule has 0 aliphatic carbocycles. The monoisotopic (exact) mass is 416 g/mol. The van der Waals surface area contributed by atoms with Crippen LogP contribution in [0.25, 0.3) is 0 Å². The van der Waals surface area contributed by atoms with Gasteiger partial charge in [-0.1, -0.05) is 19.1 Å². The van der Waals surface area contributed by atoms with E-state index in [1.54, 1.807) is 25.3 Å². The molecule has 0 radical (unpaired) electrons. The van der Waals surface area contributed by atoms with Crippen molar-refractivity contribution in [1.82, 2.24) is 9.80 Å². The summed E-state index contributed by atoms with van der Waals surface area (Å²) in [5, 5.41) is 0. The van der Waals surface area contributed by atoms with Crippen molar-refractivity contribution < 1.29 is 23.9 Å². The second kappa shape index (κ2) is 9.60. The lowest BCUT2D eigenvalue weighted by Gasteiger charge is -2.37. The highest BCUT2D eigenvalue weighted by Gasteiger charge is 2.54. The van der Waals surface area contributed by atoms with E-state index in [0.717, 1.165) is 25.7 Å². The third-order valence-electron chi connectivity index (χ3n) is 6.42. The third kappa shape index (κ3) is 4.21. The van der Waals surface area contributed by atoms with Gasteiger partial charge in [-0.25, -0.2) is 0 Å². The minimum Gasteiger partial charge on any atom is -0.497 e. The van der Waals surface area contributed by atoms with Crippen molar-refractivity contribution in [2.45, 2.75) is 56.9 Å². The van der Waals surface area contributed by atoms with Crippen LogP contribution in [-0.2, 0) is 24.5 Å². The van der Waals surface area contributed by atoms with Crippen LogP contribution < -0.4 is 4.74 Å². The van der Waals surface area contributed by atoms with Crippen molar-refractivity contribution >= 4 is 17.7 Å². The molecule has 0 saturated carbocycles. The Morgan fingerprint density at radius 2 is 2.03 bits per heavy atom. The van der Waals surface area contributed by atoms with E-state index in [0.29, 0.717) is 17.9 Å². The topological polar surface area (TPSA) is 76.2 Å². The molecule has 7 nitrogen and oxygen atoms in total. The average molecular weight is 417 g/mol. The number of ether oxygens (including phenoxy) is 2. The highest BCUT2D eigenvalue weighted by molar-refractivity contribution is 6.10. The Hall–Kier alpha value is -2.41. The summed E-state index contributed by atoms with van der Waals surface area (Å²) in [5.41, 5.74) is -0.551. The number of hydrogen-bond donors (Lipinski definition) is 0. The Balaban J connectivity index is 1.97. The summed E-state index contributed by atoms with van der Waals surface area (Å²) in [5.74, 6) is -0.0481. The fraction of sp³-hybridized carbons (Fsp3) is 0.609. The van der Waals surface area contributed by atoms with Gasteiger partial charge in [0.15, 0.2) is 0 Å². The van der Waals surface area contributed by atoms with Crippen molar-refractivity contribution in [2.24, 2.45) is 0 Å². The number of benzene rings is 1. The number of likely N-dealkylation sites (tertiary alicyclic amines) is 2. The summed E-state index contributed by atoms with van der Waals surface area (Å²) < 4.78 is 10.4. The van der Waals surface area contributed by atoms with Gasteiger partial charge in [0, 0.05) is 32.5 Å². The molecular formula is C23H32N2O5. The number of imide groups is 1. The number of amides is 3. The highest BCUT2D eigenvalue weighted by atomic mass is 16.5. The smallest absolute Gasteiger partial charge is 0.240 e. The Labute approximate surface area is 178 Å². The zero-order valence-corrected chi connectivity index (χ0v) is 18.2. The number of hydrogen-bond acceptors (Lipinski definition) is 5. The van der Waals surface area contributed by atoms with E-state index in [-0.39, 0.29) is 49.8 Å². The molecule has 30 heavy (non-hydrogen) atoms. The number of nitrogens with zero attached hydrogens (tertiary/aromatic N) is 2. The van der Waals surface area contributed by atoms with Gasteiger partial charge in [-0.2, -0.15) is 0 Å². The van der Waals surface area contributed by atoms with Gasteiger partial charge >= 0.3 is 0 Å². The van der Waals surface area contributed by atoms with Crippen molar-refractivity contribution in [3.8, 4) is 5.75 Å². The summed E-state index contributed by atoms with van der Waals surface area (Å²) >= 11 is 0. The van der Waals surface area contributed by atoms with Gasteiger partial charge in [0.05, 0.1) is 25.7 Å². The molecule has 3 rings (SSSR count). The van der Waals surface area contributed by atoms with Gasteiger partial charge in [0.25, 0.3) is 0 Å². The predicted octanol–water partition coefficient (Wildman–Crippen LogP) is 2.52. The lowest BCUT2D eigenvalue weighted by atomic mass is 9.75. The van der Waals surface area contributed by atoms with Gasteiger partial charge in [-0.05, 0) is 43.4 Å². The predicted molar refractivity (Wildman–Crippen MR) is 112 cm³/mol. The van der Waals surface area contributed by atoms with E-state index >= 15 is 0 Å². The highest BCUT2D eigenvalue weighted by Crippen LogP contribution is 2.41. The molecule has 2 saturated heterocycles. The molecule has 2 unspecified atom stereocenters. The van der Waals surface area contributed by atoms with Gasteiger partial charge in [-0.15, -0.1) is 0 Å². The summed E-state index contributed by atoms with van der Waals surface area (Å²) in [6.07, 6.45) is 3.95. The molecule has 1 aromatic carbocycles. The molecule has 7 heteroatoms. The number of piperidine rings is 1. The first-order chi connectivity index (χ1) is 14.5. The average Bonchev–Trinajstić information content (AvgIpc) is 3.01. The SMILES string of the molecule is CCC1CCCCN1C(=O)CC1(c2cccc(OC)c2)CC(=O)N(CCOC)C1=O. The standard InChI is InChI=1S/C23H32N2O5/c1-4-18-9-5-6-11-24(18)20(26)15-23(17-8-7-10-19(14-17)30-3)16-21(27)25(22(23)28)12-13-29-2/h7-8,10,14,18H,4-6,9,11-13,15-16H2,1-3H3. The van der Waals surface area contributed by atoms with E-state index in [9.17, 15) is 14.4 Å². The van der Waals surface area contributed by atoms with E-state index < -0.39 is 5.41 Å². The molecular weight excluding hydrogens is 384 g/mol. The first-order valence-corrected chi connectivity index (χ1v) is 10.7.